The molecule has 1 unspecified atom stereocenters. The van der Waals surface area contributed by atoms with Crippen LogP contribution in [0.2, 0.25) is 0 Å². The second-order valence-corrected chi connectivity index (χ2v) is 6.81. The minimum Gasteiger partial charge on any atom is -0.352 e. The van der Waals surface area contributed by atoms with Crippen LogP contribution in [-0.2, 0) is 9.47 Å². The number of aromatic nitrogens is 1. The molecule has 0 fully saturated rings. The first-order chi connectivity index (χ1) is 9.78. The zero-order chi connectivity index (χ0) is 14.4. The van der Waals surface area contributed by atoms with Crippen LogP contribution in [0.15, 0.2) is 28.6 Å². The van der Waals surface area contributed by atoms with Crippen LogP contribution < -0.4 is 0 Å². The summed E-state index contributed by atoms with van der Waals surface area (Å²) in [5.74, 6) is 0. The quantitative estimate of drug-likeness (QED) is 0.528. The fraction of sp³-hybridized carbons (Fsp3) is 0.533. The fourth-order valence-electron chi connectivity index (χ4n) is 1.95. The standard InChI is InChI=1S/C15H21NO2S2/c1-4-12(14(17-5-2)18-6-3)19-15-16-11-9-7-8-10-13(11)20-15/h7-10,12,14H,4-6H2,1-3H3. The van der Waals surface area contributed by atoms with Crippen LogP contribution in [0.1, 0.15) is 27.2 Å². The smallest absolute Gasteiger partial charge is 0.169 e. The van der Waals surface area contributed by atoms with E-state index in [0.29, 0.717) is 13.2 Å². The maximum absolute atomic E-state index is 5.72. The van der Waals surface area contributed by atoms with Gasteiger partial charge in [-0.2, -0.15) is 0 Å². The van der Waals surface area contributed by atoms with Gasteiger partial charge < -0.3 is 9.47 Å². The Morgan fingerprint density at radius 1 is 1.15 bits per heavy atom. The number of rotatable bonds is 8. The first-order valence-electron chi connectivity index (χ1n) is 7.03. The Balaban J connectivity index is 2.11. The van der Waals surface area contributed by atoms with E-state index in [1.165, 1.54) is 4.70 Å². The number of thioether (sulfide) groups is 1. The minimum atomic E-state index is -0.160. The summed E-state index contributed by atoms with van der Waals surface area (Å²) in [6.45, 7) is 7.50. The molecule has 0 saturated heterocycles. The first kappa shape index (κ1) is 15.8. The molecular formula is C15H21NO2S2. The molecule has 3 nitrogen and oxygen atoms in total. The molecule has 0 aliphatic heterocycles. The third-order valence-corrected chi connectivity index (χ3v) is 5.42. The number of hydrogen-bond donors (Lipinski definition) is 0. The topological polar surface area (TPSA) is 31.4 Å². The molecule has 110 valence electrons. The summed E-state index contributed by atoms with van der Waals surface area (Å²) < 4.78 is 13.7. The van der Waals surface area contributed by atoms with E-state index in [2.05, 4.69) is 30.1 Å². The fourth-order valence-corrected chi connectivity index (χ4v) is 4.33. The van der Waals surface area contributed by atoms with E-state index in [4.69, 9.17) is 9.47 Å². The van der Waals surface area contributed by atoms with Gasteiger partial charge in [0, 0.05) is 13.2 Å². The summed E-state index contributed by atoms with van der Waals surface area (Å²) in [6.07, 6.45) is 0.831. The average Bonchev–Trinajstić information content (AvgIpc) is 2.87. The van der Waals surface area contributed by atoms with Crippen LogP contribution in [0.4, 0.5) is 0 Å². The summed E-state index contributed by atoms with van der Waals surface area (Å²) in [6, 6.07) is 8.24. The van der Waals surface area contributed by atoms with Crippen molar-refractivity contribution >= 4 is 33.3 Å². The van der Waals surface area contributed by atoms with Crippen molar-refractivity contribution in [3.05, 3.63) is 24.3 Å². The Morgan fingerprint density at radius 2 is 1.85 bits per heavy atom. The van der Waals surface area contributed by atoms with Crippen molar-refractivity contribution in [3.63, 3.8) is 0 Å². The van der Waals surface area contributed by atoms with Crippen molar-refractivity contribution in [2.24, 2.45) is 0 Å². The molecule has 1 atom stereocenters. The summed E-state index contributed by atoms with van der Waals surface area (Å²) in [7, 11) is 0. The largest absolute Gasteiger partial charge is 0.352 e. The lowest BCUT2D eigenvalue weighted by molar-refractivity contribution is -0.135. The zero-order valence-electron chi connectivity index (χ0n) is 12.2. The van der Waals surface area contributed by atoms with Crippen molar-refractivity contribution in [1.82, 2.24) is 4.98 Å². The summed E-state index contributed by atoms with van der Waals surface area (Å²) in [5, 5.41) is 0.274. The van der Waals surface area contributed by atoms with Gasteiger partial charge >= 0.3 is 0 Å². The van der Waals surface area contributed by atoms with Crippen molar-refractivity contribution in [2.45, 2.75) is 43.1 Å². The molecule has 0 radical (unpaired) electrons. The Bertz CT molecular complexity index is 490. The monoisotopic (exact) mass is 311 g/mol. The molecule has 0 aliphatic carbocycles. The van der Waals surface area contributed by atoms with E-state index in [1.54, 1.807) is 23.1 Å². The molecule has 0 amide bonds. The molecule has 0 spiro atoms. The molecule has 1 aromatic carbocycles. The Kier molecular flexibility index (Phi) is 6.29. The molecule has 0 aliphatic rings. The SMILES string of the molecule is CCOC(OCC)C(CC)Sc1nc2ccccc2s1. The molecule has 1 aromatic heterocycles. The second kappa shape index (κ2) is 7.98. The predicted molar refractivity (Wildman–Crippen MR) is 86.6 cm³/mol. The summed E-state index contributed by atoms with van der Waals surface area (Å²) in [5.41, 5.74) is 1.07. The van der Waals surface area contributed by atoms with Gasteiger partial charge in [0.15, 0.2) is 10.6 Å². The maximum Gasteiger partial charge on any atom is 0.169 e. The van der Waals surface area contributed by atoms with Crippen LogP contribution in [0.5, 0.6) is 0 Å². The van der Waals surface area contributed by atoms with Crippen molar-refractivity contribution in [3.8, 4) is 0 Å². The van der Waals surface area contributed by atoms with Gasteiger partial charge in [0.1, 0.15) is 0 Å². The second-order valence-electron chi connectivity index (χ2n) is 4.29. The highest BCUT2D eigenvalue weighted by Crippen LogP contribution is 2.35. The predicted octanol–water partition coefficient (Wildman–Crippen LogP) is 4.57. The van der Waals surface area contributed by atoms with E-state index >= 15 is 0 Å². The number of benzene rings is 1. The van der Waals surface area contributed by atoms with E-state index in [-0.39, 0.29) is 11.5 Å². The third kappa shape index (κ3) is 3.95. The summed E-state index contributed by atoms with van der Waals surface area (Å²) in [4.78, 5) is 4.67. The van der Waals surface area contributed by atoms with Crippen LogP contribution in [-0.4, -0.2) is 29.7 Å². The van der Waals surface area contributed by atoms with Crippen molar-refractivity contribution < 1.29 is 9.47 Å². The third-order valence-electron chi connectivity index (χ3n) is 2.89. The highest BCUT2D eigenvalue weighted by atomic mass is 32.2. The van der Waals surface area contributed by atoms with Crippen LogP contribution in [0.3, 0.4) is 0 Å². The molecule has 2 rings (SSSR count). The molecule has 0 N–H and O–H groups in total. The molecule has 0 bridgehead atoms. The van der Waals surface area contributed by atoms with Gasteiger partial charge in [-0.1, -0.05) is 30.8 Å². The number of para-hydroxylation sites is 1. The van der Waals surface area contributed by atoms with Gasteiger partial charge in [-0.3, -0.25) is 0 Å². The van der Waals surface area contributed by atoms with Crippen LogP contribution >= 0.6 is 23.1 Å². The summed E-state index contributed by atoms with van der Waals surface area (Å²) >= 11 is 3.50. The van der Waals surface area contributed by atoms with Crippen LogP contribution in [0, 0.1) is 0 Å². The molecule has 2 aromatic rings. The van der Waals surface area contributed by atoms with Gasteiger partial charge in [-0.15, -0.1) is 11.3 Å². The lowest BCUT2D eigenvalue weighted by atomic mass is 10.3. The number of ether oxygens (including phenoxy) is 2. The molecule has 20 heavy (non-hydrogen) atoms. The van der Waals surface area contributed by atoms with Gasteiger partial charge in [-0.25, -0.2) is 4.98 Å². The van der Waals surface area contributed by atoms with Crippen molar-refractivity contribution in [2.75, 3.05) is 13.2 Å². The molecule has 0 saturated carbocycles. The Morgan fingerprint density at radius 3 is 2.45 bits per heavy atom. The lowest BCUT2D eigenvalue weighted by Crippen LogP contribution is -2.29. The highest BCUT2D eigenvalue weighted by Gasteiger charge is 2.23. The number of thiazole rings is 1. The molecular weight excluding hydrogens is 290 g/mol. The molecule has 1 heterocycles. The van der Waals surface area contributed by atoms with Gasteiger partial charge in [0.25, 0.3) is 0 Å². The number of hydrogen-bond acceptors (Lipinski definition) is 5. The minimum absolute atomic E-state index is 0.160. The average molecular weight is 311 g/mol. The first-order valence-corrected chi connectivity index (χ1v) is 8.73. The van der Waals surface area contributed by atoms with E-state index in [1.807, 2.05) is 19.9 Å². The number of nitrogens with zero attached hydrogens (tertiary/aromatic N) is 1. The van der Waals surface area contributed by atoms with Gasteiger partial charge in [0.05, 0.1) is 15.5 Å². The molecule has 5 heteroatoms. The number of fused-ring (bicyclic) bond motifs is 1. The van der Waals surface area contributed by atoms with Crippen LogP contribution in [0.25, 0.3) is 10.2 Å². The van der Waals surface area contributed by atoms with E-state index < -0.39 is 0 Å². The Hall–Kier alpha value is -0.620. The Labute approximate surface area is 128 Å². The lowest BCUT2D eigenvalue weighted by Gasteiger charge is -2.24. The normalized spacial score (nSPS) is 13.2. The van der Waals surface area contributed by atoms with Crippen molar-refractivity contribution in [1.29, 1.82) is 0 Å². The zero-order valence-corrected chi connectivity index (χ0v) is 13.8. The highest BCUT2D eigenvalue weighted by molar-refractivity contribution is 8.01. The van der Waals surface area contributed by atoms with E-state index in [0.717, 1.165) is 16.3 Å². The maximum atomic E-state index is 5.72. The van der Waals surface area contributed by atoms with Gasteiger partial charge in [0.2, 0.25) is 0 Å². The van der Waals surface area contributed by atoms with E-state index in [9.17, 15) is 0 Å². The van der Waals surface area contributed by atoms with Gasteiger partial charge in [-0.05, 0) is 32.4 Å².